The van der Waals surface area contributed by atoms with Crippen molar-refractivity contribution in [3.63, 3.8) is 0 Å². The van der Waals surface area contributed by atoms with Gasteiger partial charge in [-0.25, -0.2) is 0 Å². The fourth-order valence-corrected chi connectivity index (χ4v) is 3.96. The van der Waals surface area contributed by atoms with Crippen molar-refractivity contribution in [2.45, 2.75) is 42.7 Å². The van der Waals surface area contributed by atoms with Gasteiger partial charge in [-0.2, -0.15) is 0 Å². The molecule has 1 aromatic rings. The summed E-state index contributed by atoms with van der Waals surface area (Å²) >= 11 is 1.66. The Morgan fingerprint density at radius 3 is 2.77 bits per heavy atom. The predicted molar refractivity (Wildman–Crippen MR) is 89.8 cm³/mol. The first-order valence-electron chi connectivity index (χ1n) is 7.92. The maximum absolute atomic E-state index is 12.2. The van der Waals surface area contributed by atoms with Crippen LogP contribution in [-0.2, 0) is 11.3 Å². The van der Waals surface area contributed by atoms with Gasteiger partial charge >= 0.3 is 0 Å². The van der Waals surface area contributed by atoms with Gasteiger partial charge in [0.1, 0.15) is 0 Å². The normalized spacial score (nSPS) is 26.8. The maximum atomic E-state index is 12.2. The summed E-state index contributed by atoms with van der Waals surface area (Å²) in [7, 11) is 0. The zero-order valence-corrected chi connectivity index (χ0v) is 13.8. The number of thioether (sulfide) groups is 1. The molecule has 0 radical (unpaired) electrons. The number of β-amino-alcohol motifs (C(OH)–C–C–N with tert-alkyl or cyclic N) is 1. The molecule has 2 N–H and O–H groups in total. The van der Waals surface area contributed by atoms with E-state index >= 15 is 0 Å². The molecule has 1 amide bonds. The molecule has 1 aliphatic carbocycles. The lowest BCUT2D eigenvalue weighted by molar-refractivity contribution is -0.121. The first kappa shape index (κ1) is 15.8. The van der Waals surface area contributed by atoms with Crippen molar-refractivity contribution in [3.05, 3.63) is 35.9 Å². The summed E-state index contributed by atoms with van der Waals surface area (Å²) in [6.45, 7) is 2.14. The minimum Gasteiger partial charge on any atom is -0.392 e. The van der Waals surface area contributed by atoms with Crippen LogP contribution in [0.1, 0.15) is 24.8 Å². The molecule has 1 heterocycles. The second-order valence-corrected chi connectivity index (χ2v) is 7.56. The number of nitrogens with one attached hydrogen (secondary N) is 1. The van der Waals surface area contributed by atoms with Crippen molar-refractivity contribution >= 4 is 17.7 Å². The summed E-state index contributed by atoms with van der Waals surface area (Å²) in [5.74, 6) is 0.168. The average molecular weight is 320 g/mol. The van der Waals surface area contributed by atoms with Gasteiger partial charge in [0.25, 0.3) is 0 Å². The van der Waals surface area contributed by atoms with E-state index in [1.807, 2.05) is 24.5 Å². The molecule has 0 bridgehead atoms. The molecule has 0 aromatic heterocycles. The quantitative estimate of drug-likeness (QED) is 0.836. The Morgan fingerprint density at radius 1 is 1.41 bits per heavy atom. The number of nitrogens with zero attached hydrogens (tertiary/aromatic N) is 1. The lowest BCUT2D eigenvalue weighted by Gasteiger charge is -2.25. The number of rotatable bonds is 6. The minimum atomic E-state index is -0.291. The van der Waals surface area contributed by atoms with Gasteiger partial charge in [0, 0.05) is 25.7 Å². The number of benzene rings is 1. The standard InChI is InChI=1S/C17H24N2O2S/c1-22-17(7-8-17)16(21)18-10-14-9-15(20)12-19(14)11-13-5-3-2-4-6-13/h2-6,14-15,20H,7-12H2,1H3,(H,18,21)/t14-,15+/m1/s1. The van der Waals surface area contributed by atoms with E-state index in [1.54, 1.807) is 11.8 Å². The van der Waals surface area contributed by atoms with Gasteiger partial charge in [-0.3, -0.25) is 9.69 Å². The van der Waals surface area contributed by atoms with E-state index in [0.717, 1.165) is 25.8 Å². The van der Waals surface area contributed by atoms with E-state index in [1.165, 1.54) is 5.56 Å². The number of hydrogen-bond donors (Lipinski definition) is 2. The van der Waals surface area contributed by atoms with Crippen molar-refractivity contribution in [2.24, 2.45) is 0 Å². The molecule has 1 saturated carbocycles. The van der Waals surface area contributed by atoms with Gasteiger partial charge < -0.3 is 10.4 Å². The van der Waals surface area contributed by atoms with Crippen molar-refractivity contribution < 1.29 is 9.90 Å². The van der Waals surface area contributed by atoms with Crippen LogP contribution in [0.2, 0.25) is 0 Å². The van der Waals surface area contributed by atoms with Gasteiger partial charge in [-0.1, -0.05) is 30.3 Å². The Hall–Kier alpha value is -1.04. The highest BCUT2D eigenvalue weighted by Gasteiger charge is 2.49. The summed E-state index contributed by atoms with van der Waals surface area (Å²) in [6, 6.07) is 10.5. The van der Waals surface area contributed by atoms with Crippen molar-refractivity contribution in [1.29, 1.82) is 0 Å². The number of hydrogen-bond acceptors (Lipinski definition) is 4. The summed E-state index contributed by atoms with van der Waals surface area (Å²) in [5, 5.41) is 13.1. The second-order valence-electron chi connectivity index (χ2n) is 6.37. The first-order chi connectivity index (χ1) is 10.6. The third-order valence-electron chi connectivity index (χ3n) is 4.74. The van der Waals surface area contributed by atoms with E-state index < -0.39 is 0 Å². The maximum Gasteiger partial charge on any atom is 0.236 e. The van der Waals surface area contributed by atoms with Gasteiger partial charge in [-0.15, -0.1) is 11.8 Å². The molecule has 2 aliphatic rings. The lowest BCUT2D eigenvalue weighted by Crippen LogP contribution is -2.43. The van der Waals surface area contributed by atoms with Crippen molar-refractivity contribution in [3.8, 4) is 0 Å². The highest BCUT2D eigenvalue weighted by Crippen LogP contribution is 2.47. The van der Waals surface area contributed by atoms with Crippen molar-refractivity contribution in [1.82, 2.24) is 10.2 Å². The van der Waals surface area contributed by atoms with Crippen LogP contribution in [0.5, 0.6) is 0 Å². The smallest absolute Gasteiger partial charge is 0.236 e. The van der Waals surface area contributed by atoms with E-state index in [0.29, 0.717) is 13.1 Å². The molecule has 2 fully saturated rings. The summed E-state index contributed by atoms with van der Waals surface area (Å²) in [6.07, 6.45) is 4.43. The third kappa shape index (κ3) is 3.47. The third-order valence-corrected chi connectivity index (χ3v) is 6.12. The number of amides is 1. The van der Waals surface area contributed by atoms with Crippen LogP contribution in [0.25, 0.3) is 0 Å². The van der Waals surface area contributed by atoms with Crippen LogP contribution >= 0.6 is 11.8 Å². The fraction of sp³-hybridized carbons (Fsp3) is 0.588. The minimum absolute atomic E-state index is 0.165. The van der Waals surface area contributed by atoms with Gasteiger partial charge in [0.15, 0.2) is 0 Å². The largest absolute Gasteiger partial charge is 0.392 e. The molecular formula is C17H24N2O2S. The van der Waals surface area contributed by atoms with Crippen LogP contribution in [0.15, 0.2) is 30.3 Å². The molecule has 0 spiro atoms. The van der Waals surface area contributed by atoms with E-state index in [-0.39, 0.29) is 22.8 Å². The van der Waals surface area contributed by atoms with Gasteiger partial charge in [0.2, 0.25) is 5.91 Å². The molecule has 1 saturated heterocycles. The molecule has 22 heavy (non-hydrogen) atoms. The van der Waals surface area contributed by atoms with Crippen LogP contribution < -0.4 is 5.32 Å². The molecule has 1 aliphatic heterocycles. The molecule has 0 unspecified atom stereocenters. The Labute approximate surface area is 136 Å². The second kappa shape index (κ2) is 6.60. The zero-order valence-electron chi connectivity index (χ0n) is 13.0. The Morgan fingerprint density at radius 2 is 2.14 bits per heavy atom. The number of aliphatic hydroxyl groups is 1. The van der Waals surface area contributed by atoms with E-state index in [4.69, 9.17) is 0 Å². The SMILES string of the molecule is CSC1(C(=O)NC[C@H]2C[C@H](O)CN2Cc2ccccc2)CC1. The van der Waals surface area contributed by atoms with Crippen LogP contribution in [-0.4, -0.2) is 52.2 Å². The van der Waals surface area contributed by atoms with Crippen molar-refractivity contribution in [2.75, 3.05) is 19.3 Å². The number of likely N-dealkylation sites (tertiary alicyclic amines) is 1. The highest BCUT2D eigenvalue weighted by atomic mass is 32.2. The molecule has 5 heteroatoms. The van der Waals surface area contributed by atoms with Crippen LogP contribution in [0.3, 0.4) is 0 Å². The topological polar surface area (TPSA) is 52.6 Å². The molecule has 1 aromatic carbocycles. The van der Waals surface area contributed by atoms with Crippen LogP contribution in [0.4, 0.5) is 0 Å². The molecule has 4 nitrogen and oxygen atoms in total. The lowest BCUT2D eigenvalue weighted by atomic mass is 10.1. The highest BCUT2D eigenvalue weighted by molar-refractivity contribution is 8.01. The summed E-state index contributed by atoms with van der Waals surface area (Å²) < 4.78 is -0.165. The van der Waals surface area contributed by atoms with Gasteiger partial charge in [-0.05, 0) is 31.1 Å². The zero-order chi connectivity index (χ0) is 15.6. The van der Waals surface area contributed by atoms with E-state index in [2.05, 4.69) is 22.3 Å². The van der Waals surface area contributed by atoms with E-state index in [9.17, 15) is 9.90 Å². The summed E-state index contributed by atoms with van der Waals surface area (Å²) in [5.41, 5.74) is 1.25. The first-order valence-corrected chi connectivity index (χ1v) is 9.15. The monoisotopic (exact) mass is 320 g/mol. The summed E-state index contributed by atoms with van der Waals surface area (Å²) in [4.78, 5) is 14.5. The Balaban J connectivity index is 1.56. The fourth-order valence-electron chi connectivity index (χ4n) is 3.19. The predicted octanol–water partition coefficient (Wildman–Crippen LogP) is 1.63. The van der Waals surface area contributed by atoms with Gasteiger partial charge in [0.05, 0.1) is 10.9 Å². The Kier molecular flexibility index (Phi) is 4.76. The van der Waals surface area contributed by atoms with Crippen LogP contribution in [0, 0.1) is 0 Å². The molecule has 3 rings (SSSR count). The number of carbonyl (C=O) groups is 1. The molecule has 2 atom stereocenters. The molecule has 120 valence electrons. The Bertz CT molecular complexity index is 519. The average Bonchev–Trinajstić information content (AvgIpc) is 3.25. The number of aliphatic hydroxyl groups excluding tert-OH is 1. The number of carbonyl (C=O) groups excluding carboxylic acids is 1. The molecular weight excluding hydrogens is 296 g/mol.